The summed E-state index contributed by atoms with van der Waals surface area (Å²) in [6.07, 6.45) is 0. The van der Waals surface area contributed by atoms with Crippen molar-refractivity contribution < 1.29 is 18.0 Å². The van der Waals surface area contributed by atoms with Crippen molar-refractivity contribution in [2.24, 2.45) is 0 Å². The van der Waals surface area contributed by atoms with Gasteiger partial charge in [0.15, 0.2) is 5.78 Å². The van der Waals surface area contributed by atoms with E-state index in [0.717, 1.165) is 11.8 Å². The Kier molecular flexibility index (Phi) is 4.71. The average Bonchev–Trinajstić information content (AvgIpc) is 3.04. The Balaban J connectivity index is 1.70. The van der Waals surface area contributed by atoms with Crippen LogP contribution in [0.25, 0.3) is 11.5 Å². The van der Waals surface area contributed by atoms with E-state index in [0.29, 0.717) is 11.1 Å². The summed E-state index contributed by atoms with van der Waals surface area (Å²) in [5.41, 5.74) is 1.00. The van der Waals surface area contributed by atoms with E-state index in [2.05, 4.69) is 10.2 Å². The van der Waals surface area contributed by atoms with E-state index in [1.807, 2.05) is 0 Å². The van der Waals surface area contributed by atoms with Crippen molar-refractivity contribution in [2.75, 3.05) is 0 Å². The van der Waals surface area contributed by atoms with Gasteiger partial charge in [0.05, 0.1) is 5.25 Å². The maximum atomic E-state index is 12.9. The predicted octanol–water partition coefficient (Wildman–Crippen LogP) is 4.38. The number of carbonyl (C=O) groups excluding carboxylic acids is 1. The maximum absolute atomic E-state index is 12.9. The highest BCUT2D eigenvalue weighted by Crippen LogP contribution is 2.27. The third kappa shape index (κ3) is 3.68. The Morgan fingerprint density at radius 3 is 2.21 bits per heavy atom. The van der Waals surface area contributed by atoms with Crippen LogP contribution in [0.15, 0.2) is 58.2 Å². The molecule has 0 saturated heterocycles. The Labute approximate surface area is 140 Å². The fourth-order valence-corrected chi connectivity index (χ4v) is 2.78. The van der Waals surface area contributed by atoms with E-state index in [-0.39, 0.29) is 22.7 Å². The molecule has 0 N–H and O–H groups in total. The van der Waals surface area contributed by atoms with Gasteiger partial charge in [-0.2, -0.15) is 0 Å². The second-order valence-corrected chi connectivity index (χ2v) is 6.30. The summed E-state index contributed by atoms with van der Waals surface area (Å²) >= 11 is 1.11. The minimum atomic E-state index is -0.475. The topological polar surface area (TPSA) is 56.0 Å². The van der Waals surface area contributed by atoms with Gasteiger partial charge in [0, 0.05) is 11.1 Å². The minimum absolute atomic E-state index is 0.165. The largest absolute Gasteiger partial charge is 0.411 e. The average molecular weight is 346 g/mol. The van der Waals surface area contributed by atoms with E-state index >= 15 is 0 Å². The van der Waals surface area contributed by atoms with Crippen LogP contribution in [0.4, 0.5) is 8.78 Å². The molecule has 0 aliphatic rings. The molecule has 3 aromatic rings. The molecule has 0 radical (unpaired) electrons. The number of thioether (sulfide) groups is 1. The predicted molar refractivity (Wildman–Crippen MR) is 85.7 cm³/mol. The molecule has 0 aliphatic carbocycles. The highest BCUT2D eigenvalue weighted by molar-refractivity contribution is 8.00. The summed E-state index contributed by atoms with van der Waals surface area (Å²) in [6.45, 7) is 1.71. The lowest BCUT2D eigenvalue weighted by atomic mass is 10.1. The van der Waals surface area contributed by atoms with Gasteiger partial charge >= 0.3 is 0 Å². The molecule has 0 bridgehead atoms. The number of hydrogen-bond acceptors (Lipinski definition) is 5. The van der Waals surface area contributed by atoms with Crippen LogP contribution in [0.2, 0.25) is 0 Å². The lowest BCUT2D eigenvalue weighted by Gasteiger charge is -2.07. The number of nitrogens with zero attached hydrogens (tertiary/aromatic N) is 2. The second kappa shape index (κ2) is 6.92. The minimum Gasteiger partial charge on any atom is -0.411 e. The Bertz CT molecular complexity index is 848. The maximum Gasteiger partial charge on any atom is 0.277 e. The zero-order valence-corrected chi connectivity index (χ0v) is 13.4. The van der Waals surface area contributed by atoms with Crippen LogP contribution in [-0.4, -0.2) is 21.2 Å². The Morgan fingerprint density at radius 2 is 1.58 bits per heavy atom. The molecule has 0 aliphatic heterocycles. The van der Waals surface area contributed by atoms with Crippen LogP contribution in [0.5, 0.6) is 0 Å². The van der Waals surface area contributed by atoms with Gasteiger partial charge in [-0.15, -0.1) is 10.2 Å². The quantitative estimate of drug-likeness (QED) is 0.507. The van der Waals surface area contributed by atoms with Crippen molar-refractivity contribution in [1.29, 1.82) is 0 Å². The zero-order chi connectivity index (χ0) is 17.1. The van der Waals surface area contributed by atoms with Gasteiger partial charge in [-0.1, -0.05) is 11.8 Å². The smallest absolute Gasteiger partial charge is 0.277 e. The molecule has 0 unspecified atom stereocenters. The first kappa shape index (κ1) is 16.3. The number of halogens is 2. The van der Waals surface area contributed by atoms with Gasteiger partial charge in [-0.3, -0.25) is 4.79 Å². The van der Waals surface area contributed by atoms with Gasteiger partial charge < -0.3 is 4.42 Å². The number of ketones is 1. The SMILES string of the molecule is C[C@@H](Sc1nnc(-c2ccc(F)cc2)o1)C(=O)c1ccc(F)cc1. The van der Waals surface area contributed by atoms with Gasteiger partial charge in [-0.05, 0) is 55.5 Å². The van der Waals surface area contributed by atoms with Crippen LogP contribution in [-0.2, 0) is 0 Å². The number of benzene rings is 2. The van der Waals surface area contributed by atoms with Gasteiger partial charge in [-0.25, -0.2) is 8.78 Å². The van der Waals surface area contributed by atoms with Crippen molar-refractivity contribution >= 4 is 17.5 Å². The lowest BCUT2D eigenvalue weighted by molar-refractivity contribution is 0.0993. The van der Waals surface area contributed by atoms with Crippen LogP contribution < -0.4 is 0 Å². The summed E-state index contributed by atoms with van der Waals surface area (Å²) in [7, 11) is 0. The monoisotopic (exact) mass is 346 g/mol. The van der Waals surface area contributed by atoms with E-state index in [9.17, 15) is 13.6 Å². The van der Waals surface area contributed by atoms with E-state index in [1.54, 1.807) is 6.92 Å². The normalized spacial score (nSPS) is 12.1. The molecule has 1 atom stereocenters. The number of rotatable bonds is 5. The fourth-order valence-electron chi connectivity index (χ4n) is 2.02. The molecule has 2 aromatic carbocycles. The summed E-state index contributed by atoms with van der Waals surface area (Å²) in [4.78, 5) is 12.3. The lowest BCUT2D eigenvalue weighted by Crippen LogP contribution is -2.13. The molecule has 3 rings (SSSR count). The van der Waals surface area contributed by atoms with Crippen LogP contribution in [0.3, 0.4) is 0 Å². The first-order valence-electron chi connectivity index (χ1n) is 7.09. The second-order valence-electron chi connectivity index (χ2n) is 5.01. The third-order valence-electron chi connectivity index (χ3n) is 3.27. The van der Waals surface area contributed by atoms with Crippen LogP contribution in [0.1, 0.15) is 17.3 Å². The van der Waals surface area contributed by atoms with Gasteiger partial charge in [0.1, 0.15) is 11.6 Å². The zero-order valence-electron chi connectivity index (χ0n) is 12.6. The molecule has 24 heavy (non-hydrogen) atoms. The van der Waals surface area contributed by atoms with Crippen LogP contribution >= 0.6 is 11.8 Å². The molecular weight excluding hydrogens is 334 g/mol. The molecule has 7 heteroatoms. The van der Waals surface area contributed by atoms with Crippen LogP contribution in [0, 0.1) is 11.6 Å². The molecule has 1 aromatic heterocycles. The first-order chi connectivity index (χ1) is 11.5. The van der Waals surface area contributed by atoms with E-state index in [1.165, 1.54) is 48.5 Å². The van der Waals surface area contributed by atoms with E-state index < -0.39 is 11.1 Å². The molecule has 122 valence electrons. The van der Waals surface area contributed by atoms with Gasteiger partial charge in [0.25, 0.3) is 5.22 Å². The third-order valence-corrected chi connectivity index (χ3v) is 4.21. The summed E-state index contributed by atoms with van der Waals surface area (Å²) in [6, 6.07) is 11.0. The summed E-state index contributed by atoms with van der Waals surface area (Å²) in [5.74, 6) is -0.667. The van der Waals surface area contributed by atoms with Crippen molar-refractivity contribution in [3.8, 4) is 11.5 Å². The highest BCUT2D eigenvalue weighted by atomic mass is 32.2. The number of carbonyl (C=O) groups is 1. The number of Topliss-reactive ketones (excluding diaryl/α,β-unsaturated/α-hetero) is 1. The number of hydrogen-bond donors (Lipinski definition) is 0. The Hall–Kier alpha value is -2.54. The standard InChI is InChI=1S/C17H12F2N2O2S/c1-10(15(22)11-2-6-13(18)7-3-11)24-17-21-20-16(23-17)12-4-8-14(19)9-5-12/h2-10H,1H3/t10-/m1/s1. The number of aromatic nitrogens is 2. The highest BCUT2D eigenvalue weighted by Gasteiger charge is 2.20. The van der Waals surface area contributed by atoms with E-state index in [4.69, 9.17) is 4.42 Å². The summed E-state index contributed by atoms with van der Waals surface area (Å²) < 4.78 is 31.3. The molecule has 0 amide bonds. The molecule has 0 fully saturated rings. The molecule has 0 saturated carbocycles. The van der Waals surface area contributed by atoms with Crippen molar-refractivity contribution in [3.63, 3.8) is 0 Å². The van der Waals surface area contributed by atoms with Crippen molar-refractivity contribution in [3.05, 3.63) is 65.7 Å². The van der Waals surface area contributed by atoms with Gasteiger partial charge in [0.2, 0.25) is 5.89 Å². The Morgan fingerprint density at radius 1 is 1.00 bits per heavy atom. The molecule has 4 nitrogen and oxygen atoms in total. The van der Waals surface area contributed by atoms with Crippen molar-refractivity contribution in [1.82, 2.24) is 10.2 Å². The summed E-state index contributed by atoms with van der Waals surface area (Å²) in [5, 5.41) is 7.54. The molecular formula is C17H12F2N2O2S. The van der Waals surface area contributed by atoms with Crippen molar-refractivity contribution in [2.45, 2.75) is 17.4 Å². The molecule has 1 heterocycles. The fraction of sp³-hybridized carbons (Fsp3) is 0.118. The first-order valence-corrected chi connectivity index (χ1v) is 7.97. The molecule has 0 spiro atoms.